The molecule has 17 heavy (non-hydrogen) atoms. The van der Waals surface area contributed by atoms with Gasteiger partial charge in [-0.25, -0.2) is 8.42 Å². The predicted molar refractivity (Wildman–Crippen MR) is 75.2 cm³/mol. The average molecular weight is 362 g/mol. The maximum atomic E-state index is 12.2. The van der Waals surface area contributed by atoms with E-state index in [0.717, 1.165) is 3.79 Å². The highest BCUT2D eigenvalue weighted by atomic mass is 79.9. The summed E-state index contributed by atoms with van der Waals surface area (Å²) in [6, 6.07) is 3.31. The van der Waals surface area contributed by atoms with Crippen LogP contribution >= 0.6 is 39.7 Å². The third kappa shape index (κ3) is 3.02. The Bertz CT molecular complexity index is 481. The van der Waals surface area contributed by atoms with Gasteiger partial charge in [0.15, 0.2) is 0 Å². The molecule has 2 heterocycles. The average Bonchev–Trinajstić information content (AvgIpc) is 2.75. The van der Waals surface area contributed by atoms with Gasteiger partial charge in [-0.05, 0) is 34.0 Å². The van der Waals surface area contributed by atoms with Crippen LogP contribution in [-0.4, -0.2) is 31.9 Å². The van der Waals surface area contributed by atoms with Crippen molar-refractivity contribution >= 4 is 49.7 Å². The molecular weight excluding hydrogens is 348 g/mol. The summed E-state index contributed by atoms with van der Waals surface area (Å²) in [6.45, 7) is 2.91. The van der Waals surface area contributed by atoms with Gasteiger partial charge in [-0.15, -0.1) is 23.7 Å². The molecule has 98 valence electrons. The predicted octanol–water partition coefficient (Wildman–Crippen LogP) is 1.90. The molecule has 1 saturated heterocycles. The van der Waals surface area contributed by atoms with E-state index in [9.17, 15) is 8.42 Å². The second-order valence-corrected chi connectivity index (χ2v) is 8.65. The molecular formula is C9H14BrClN2O2S2. The van der Waals surface area contributed by atoms with Crippen LogP contribution in [-0.2, 0) is 10.0 Å². The number of thiophene rings is 1. The first-order valence-electron chi connectivity index (χ1n) is 4.92. The van der Waals surface area contributed by atoms with E-state index < -0.39 is 10.0 Å². The third-order valence-electron chi connectivity index (χ3n) is 2.78. The molecule has 2 N–H and O–H groups in total. The van der Waals surface area contributed by atoms with Gasteiger partial charge in [0.05, 0.1) is 3.79 Å². The summed E-state index contributed by atoms with van der Waals surface area (Å²) in [5.74, 6) is 0.221. The smallest absolute Gasteiger partial charge is 0.252 e. The summed E-state index contributed by atoms with van der Waals surface area (Å²) >= 11 is 4.50. The lowest BCUT2D eigenvalue weighted by Gasteiger charge is -2.14. The maximum Gasteiger partial charge on any atom is 0.252 e. The number of hydrogen-bond acceptors (Lipinski definition) is 4. The molecule has 0 spiro atoms. The SMILES string of the molecule is CC1CN(S(=O)(=O)c2ccc(Br)s2)CC1N.Cl. The number of halogens is 2. The Morgan fingerprint density at radius 3 is 2.53 bits per heavy atom. The summed E-state index contributed by atoms with van der Waals surface area (Å²) in [5, 5.41) is 0. The summed E-state index contributed by atoms with van der Waals surface area (Å²) in [7, 11) is -3.34. The minimum atomic E-state index is -3.34. The minimum Gasteiger partial charge on any atom is -0.326 e. The van der Waals surface area contributed by atoms with E-state index in [4.69, 9.17) is 5.73 Å². The lowest BCUT2D eigenvalue weighted by atomic mass is 10.1. The number of hydrogen-bond donors (Lipinski definition) is 1. The Hall–Kier alpha value is 0.340. The molecule has 0 aliphatic carbocycles. The van der Waals surface area contributed by atoms with E-state index in [1.165, 1.54) is 15.6 Å². The van der Waals surface area contributed by atoms with Crippen LogP contribution in [0.5, 0.6) is 0 Å². The Kier molecular flexibility index (Phi) is 5.02. The number of rotatable bonds is 2. The van der Waals surface area contributed by atoms with Gasteiger partial charge in [-0.2, -0.15) is 4.31 Å². The van der Waals surface area contributed by atoms with Crippen molar-refractivity contribution in [2.24, 2.45) is 11.7 Å². The van der Waals surface area contributed by atoms with Gasteiger partial charge < -0.3 is 5.73 Å². The molecule has 4 nitrogen and oxygen atoms in total. The van der Waals surface area contributed by atoms with Crippen LogP contribution in [0.3, 0.4) is 0 Å². The lowest BCUT2D eigenvalue weighted by Crippen LogP contribution is -2.31. The topological polar surface area (TPSA) is 63.4 Å². The Labute approximate surface area is 120 Å². The van der Waals surface area contributed by atoms with Crippen LogP contribution in [0.1, 0.15) is 6.92 Å². The summed E-state index contributed by atoms with van der Waals surface area (Å²) in [4.78, 5) is 0. The van der Waals surface area contributed by atoms with Crippen molar-refractivity contribution in [2.75, 3.05) is 13.1 Å². The Balaban J connectivity index is 0.00000144. The zero-order valence-electron chi connectivity index (χ0n) is 9.17. The lowest BCUT2D eigenvalue weighted by molar-refractivity contribution is 0.466. The van der Waals surface area contributed by atoms with E-state index in [1.807, 2.05) is 6.92 Å². The standard InChI is InChI=1S/C9H13BrN2O2S2.ClH/c1-6-4-12(5-7(6)11)16(13,14)9-3-2-8(10)15-9;/h2-3,6-7H,4-5,11H2,1H3;1H. The van der Waals surface area contributed by atoms with E-state index in [1.54, 1.807) is 12.1 Å². The summed E-state index contributed by atoms with van der Waals surface area (Å²) in [6.07, 6.45) is 0. The van der Waals surface area contributed by atoms with E-state index in [2.05, 4.69) is 15.9 Å². The molecule has 0 aromatic carbocycles. The van der Waals surface area contributed by atoms with Gasteiger partial charge in [0.25, 0.3) is 10.0 Å². The monoisotopic (exact) mass is 360 g/mol. The summed E-state index contributed by atoms with van der Waals surface area (Å²) < 4.78 is 27.1. The quantitative estimate of drug-likeness (QED) is 0.875. The van der Waals surface area contributed by atoms with E-state index in [0.29, 0.717) is 17.3 Å². The molecule has 0 bridgehead atoms. The van der Waals surface area contributed by atoms with Crippen LogP contribution in [0.25, 0.3) is 0 Å². The van der Waals surface area contributed by atoms with Gasteiger partial charge in [0.1, 0.15) is 4.21 Å². The van der Waals surface area contributed by atoms with Crippen molar-refractivity contribution in [3.63, 3.8) is 0 Å². The van der Waals surface area contributed by atoms with Gasteiger partial charge in [-0.1, -0.05) is 6.92 Å². The zero-order chi connectivity index (χ0) is 11.9. The second kappa shape index (κ2) is 5.54. The first-order chi connectivity index (χ1) is 7.41. The van der Waals surface area contributed by atoms with Crippen LogP contribution < -0.4 is 5.73 Å². The first kappa shape index (κ1) is 15.4. The molecule has 2 unspecified atom stereocenters. The van der Waals surface area contributed by atoms with Crippen molar-refractivity contribution in [2.45, 2.75) is 17.2 Å². The fourth-order valence-electron chi connectivity index (χ4n) is 1.71. The van der Waals surface area contributed by atoms with Crippen LogP contribution in [0.2, 0.25) is 0 Å². The molecule has 8 heteroatoms. The van der Waals surface area contributed by atoms with Gasteiger partial charge >= 0.3 is 0 Å². The van der Waals surface area contributed by atoms with E-state index >= 15 is 0 Å². The van der Waals surface area contributed by atoms with Gasteiger partial charge in [0, 0.05) is 19.1 Å². The maximum absolute atomic E-state index is 12.2. The highest BCUT2D eigenvalue weighted by Gasteiger charge is 2.35. The normalized spacial score (nSPS) is 25.8. The molecule has 0 radical (unpaired) electrons. The molecule has 0 saturated carbocycles. The number of sulfonamides is 1. The van der Waals surface area contributed by atoms with Crippen LogP contribution in [0.15, 0.2) is 20.1 Å². The van der Waals surface area contributed by atoms with Crippen molar-refractivity contribution in [1.29, 1.82) is 0 Å². The fraction of sp³-hybridized carbons (Fsp3) is 0.556. The summed E-state index contributed by atoms with van der Waals surface area (Å²) in [5.41, 5.74) is 5.84. The van der Waals surface area contributed by atoms with Crippen molar-refractivity contribution in [1.82, 2.24) is 4.31 Å². The first-order valence-corrected chi connectivity index (χ1v) is 7.97. The van der Waals surface area contributed by atoms with Crippen molar-refractivity contribution in [3.05, 3.63) is 15.9 Å². The zero-order valence-corrected chi connectivity index (χ0v) is 13.2. The second-order valence-electron chi connectivity index (χ2n) is 4.02. The van der Waals surface area contributed by atoms with Crippen LogP contribution in [0.4, 0.5) is 0 Å². The van der Waals surface area contributed by atoms with E-state index in [-0.39, 0.29) is 24.4 Å². The molecule has 0 amide bonds. The highest BCUT2D eigenvalue weighted by molar-refractivity contribution is 9.11. The molecule has 1 aromatic rings. The van der Waals surface area contributed by atoms with Crippen molar-refractivity contribution in [3.8, 4) is 0 Å². The Morgan fingerprint density at radius 2 is 2.12 bits per heavy atom. The third-order valence-corrected chi connectivity index (χ3v) is 6.70. The highest BCUT2D eigenvalue weighted by Crippen LogP contribution is 2.30. The molecule has 1 aliphatic rings. The van der Waals surface area contributed by atoms with Gasteiger partial charge in [0.2, 0.25) is 0 Å². The molecule has 1 aromatic heterocycles. The molecule has 1 aliphatic heterocycles. The minimum absolute atomic E-state index is 0. The largest absolute Gasteiger partial charge is 0.326 e. The Morgan fingerprint density at radius 1 is 1.47 bits per heavy atom. The molecule has 2 atom stereocenters. The van der Waals surface area contributed by atoms with Crippen LogP contribution in [0, 0.1) is 5.92 Å². The van der Waals surface area contributed by atoms with Gasteiger partial charge in [-0.3, -0.25) is 0 Å². The fourth-order valence-corrected chi connectivity index (χ4v) is 5.45. The number of nitrogens with two attached hydrogens (primary N) is 1. The van der Waals surface area contributed by atoms with Crippen molar-refractivity contribution < 1.29 is 8.42 Å². The molecule has 2 rings (SSSR count). The number of nitrogens with zero attached hydrogens (tertiary/aromatic N) is 1. The molecule has 1 fully saturated rings.